The normalized spacial score (nSPS) is 10.2. The van der Waals surface area contributed by atoms with E-state index in [0.717, 1.165) is 12.0 Å². The highest BCUT2D eigenvalue weighted by atomic mass is 16.2. The summed E-state index contributed by atoms with van der Waals surface area (Å²) in [5.41, 5.74) is 2.03. The lowest BCUT2D eigenvalue weighted by molar-refractivity contribution is 0.102. The van der Waals surface area contributed by atoms with E-state index in [-0.39, 0.29) is 18.2 Å². The lowest BCUT2D eigenvalue weighted by Gasteiger charge is -2.07. The van der Waals surface area contributed by atoms with Gasteiger partial charge in [0.1, 0.15) is 5.82 Å². The molecule has 6 heteroatoms. The van der Waals surface area contributed by atoms with Crippen molar-refractivity contribution in [2.45, 2.75) is 12.8 Å². The summed E-state index contributed by atoms with van der Waals surface area (Å²) >= 11 is 0. The van der Waals surface area contributed by atoms with Crippen molar-refractivity contribution in [3.8, 4) is 0 Å². The molecule has 6 nitrogen and oxygen atoms in total. The highest BCUT2D eigenvalue weighted by molar-refractivity contribution is 6.02. The lowest BCUT2D eigenvalue weighted by atomic mass is 10.1. The standard InChI is InChI=1S/C15H18N4O2/c1-16-14-8-7-13(18-19-14)15(21)17-12-6-2-4-11(10-12)5-3-9-20/h2,4,6-8,10,20H,3,5,9H2,1H3,(H,16,19)(H,17,21). The van der Waals surface area contributed by atoms with Crippen molar-refractivity contribution in [1.29, 1.82) is 0 Å². The summed E-state index contributed by atoms with van der Waals surface area (Å²) in [5, 5.41) is 22.2. The Hall–Kier alpha value is -2.47. The average Bonchev–Trinajstić information content (AvgIpc) is 2.53. The van der Waals surface area contributed by atoms with Gasteiger partial charge in [0.2, 0.25) is 0 Å². The molecule has 0 bridgehead atoms. The second-order valence-electron chi connectivity index (χ2n) is 4.54. The number of amides is 1. The van der Waals surface area contributed by atoms with E-state index in [4.69, 9.17) is 5.11 Å². The van der Waals surface area contributed by atoms with Crippen molar-refractivity contribution in [3.63, 3.8) is 0 Å². The quantitative estimate of drug-likeness (QED) is 0.752. The second kappa shape index (κ2) is 7.35. The second-order valence-corrected chi connectivity index (χ2v) is 4.54. The van der Waals surface area contributed by atoms with E-state index in [1.54, 1.807) is 19.2 Å². The van der Waals surface area contributed by atoms with Crippen molar-refractivity contribution in [2.75, 3.05) is 24.3 Å². The Morgan fingerprint density at radius 3 is 2.76 bits per heavy atom. The maximum absolute atomic E-state index is 12.1. The number of carbonyl (C=O) groups is 1. The molecule has 2 aromatic rings. The van der Waals surface area contributed by atoms with Crippen LogP contribution in [0.1, 0.15) is 22.5 Å². The molecular formula is C15H18N4O2. The number of benzene rings is 1. The topological polar surface area (TPSA) is 87.1 Å². The smallest absolute Gasteiger partial charge is 0.276 e. The fourth-order valence-electron chi connectivity index (χ4n) is 1.87. The summed E-state index contributed by atoms with van der Waals surface area (Å²) in [6.07, 6.45) is 1.48. The molecule has 1 aromatic carbocycles. The molecule has 2 rings (SSSR count). The Morgan fingerprint density at radius 2 is 2.10 bits per heavy atom. The number of nitrogens with one attached hydrogen (secondary N) is 2. The van der Waals surface area contributed by atoms with Gasteiger partial charge >= 0.3 is 0 Å². The largest absolute Gasteiger partial charge is 0.396 e. The number of aromatic nitrogens is 2. The third-order valence-electron chi connectivity index (χ3n) is 2.96. The number of aliphatic hydroxyl groups excluding tert-OH is 1. The SMILES string of the molecule is CNc1ccc(C(=O)Nc2cccc(CCCO)c2)nn1. The number of anilines is 2. The van der Waals surface area contributed by atoms with Crippen LogP contribution in [0.25, 0.3) is 0 Å². The number of aryl methyl sites for hydroxylation is 1. The van der Waals surface area contributed by atoms with Gasteiger partial charge in [-0.15, -0.1) is 10.2 Å². The van der Waals surface area contributed by atoms with Crippen LogP contribution in [0.2, 0.25) is 0 Å². The summed E-state index contributed by atoms with van der Waals surface area (Å²) < 4.78 is 0. The summed E-state index contributed by atoms with van der Waals surface area (Å²) in [6, 6.07) is 10.9. The molecule has 0 aliphatic carbocycles. The average molecular weight is 286 g/mol. The van der Waals surface area contributed by atoms with Gasteiger partial charge in [0.05, 0.1) is 0 Å². The minimum Gasteiger partial charge on any atom is -0.396 e. The third-order valence-corrected chi connectivity index (χ3v) is 2.96. The van der Waals surface area contributed by atoms with Gasteiger partial charge in [0.15, 0.2) is 5.69 Å². The molecule has 0 saturated carbocycles. The van der Waals surface area contributed by atoms with Crippen molar-refractivity contribution in [1.82, 2.24) is 10.2 Å². The minimum atomic E-state index is -0.301. The Kier molecular flexibility index (Phi) is 5.22. The minimum absolute atomic E-state index is 0.157. The molecule has 0 fully saturated rings. The first-order valence-electron chi connectivity index (χ1n) is 6.75. The van der Waals surface area contributed by atoms with Crippen molar-refractivity contribution in [3.05, 3.63) is 47.7 Å². The van der Waals surface area contributed by atoms with Crippen LogP contribution in [-0.4, -0.2) is 34.9 Å². The van der Waals surface area contributed by atoms with E-state index >= 15 is 0 Å². The molecule has 1 aromatic heterocycles. The highest BCUT2D eigenvalue weighted by Crippen LogP contribution is 2.13. The zero-order valence-electron chi connectivity index (χ0n) is 11.8. The van der Waals surface area contributed by atoms with Crippen LogP contribution in [0, 0.1) is 0 Å². The molecule has 0 aliphatic heterocycles. The van der Waals surface area contributed by atoms with Gasteiger partial charge in [-0.2, -0.15) is 0 Å². The van der Waals surface area contributed by atoms with Crippen LogP contribution in [0.3, 0.4) is 0 Å². The number of hydrogen-bond acceptors (Lipinski definition) is 5. The lowest BCUT2D eigenvalue weighted by Crippen LogP contribution is -2.14. The van der Waals surface area contributed by atoms with E-state index in [2.05, 4.69) is 20.8 Å². The van der Waals surface area contributed by atoms with E-state index in [1.165, 1.54) is 0 Å². The molecule has 0 radical (unpaired) electrons. The highest BCUT2D eigenvalue weighted by Gasteiger charge is 2.08. The summed E-state index contributed by atoms with van der Waals surface area (Å²) in [7, 11) is 1.74. The van der Waals surface area contributed by atoms with Crippen LogP contribution < -0.4 is 10.6 Å². The van der Waals surface area contributed by atoms with Crippen LogP contribution in [0.5, 0.6) is 0 Å². The summed E-state index contributed by atoms with van der Waals surface area (Å²) in [4.78, 5) is 12.1. The first-order valence-corrected chi connectivity index (χ1v) is 6.75. The third kappa shape index (κ3) is 4.25. The molecule has 0 spiro atoms. The maximum Gasteiger partial charge on any atom is 0.276 e. The van der Waals surface area contributed by atoms with E-state index < -0.39 is 0 Å². The fourth-order valence-corrected chi connectivity index (χ4v) is 1.87. The first kappa shape index (κ1) is 14.9. The van der Waals surface area contributed by atoms with E-state index in [9.17, 15) is 4.79 Å². The van der Waals surface area contributed by atoms with Gasteiger partial charge in [-0.25, -0.2) is 0 Å². The van der Waals surface area contributed by atoms with E-state index in [1.807, 2.05) is 24.3 Å². The van der Waals surface area contributed by atoms with Crippen LogP contribution in [0.15, 0.2) is 36.4 Å². The molecule has 1 heterocycles. The number of nitrogens with zero attached hydrogens (tertiary/aromatic N) is 2. The molecule has 110 valence electrons. The Balaban J connectivity index is 2.04. The molecule has 0 atom stereocenters. The first-order chi connectivity index (χ1) is 10.2. The summed E-state index contributed by atoms with van der Waals surface area (Å²) in [5.74, 6) is 0.307. The Bertz CT molecular complexity index is 599. The van der Waals surface area contributed by atoms with Gasteiger partial charge in [-0.05, 0) is 42.7 Å². The molecule has 1 amide bonds. The number of rotatable bonds is 6. The van der Waals surface area contributed by atoms with E-state index in [0.29, 0.717) is 17.9 Å². The number of carbonyl (C=O) groups excluding carboxylic acids is 1. The van der Waals surface area contributed by atoms with Crippen LogP contribution in [-0.2, 0) is 6.42 Å². The Labute approximate surface area is 123 Å². The van der Waals surface area contributed by atoms with Gasteiger partial charge in [0, 0.05) is 19.3 Å². The molecular weight excluding hydrogens is 268 g/mol. The van der Waals surface area contributed by atoms with Gasteiger partial charge in [0.25, 0.3) is 5.91 Å². The zero-order valence-corrected chi connectivity index (χ0v) is 11.8. The molecule has 21 heavy (non-hydrogen) atoms. The van der Waals surface area contributed by atoms with Crippen LogP contribution in [0.4, 0.5) is 11.5 Å². The van der Waals surface area contributed by atoms with Gasteiger partial charge < -0.3 is 15.7 Å². The Morgan fingerprint density at radius 1 is 1.24 bits per heavy atom. The van der Waals surface area contributed by atoms with Crippen molar-refractivity contribution < 1.29 is 9.90 Å². The van der Waals surface area contributed by atoms with Crippen molar-refractivity contribution >= 4 is 17.4 Å². The van der Waals surface area contributed by atoms with Gasteiger partial charge in [-0.3, -0.25) is 4.79 Å². The molecule has 0 aliphatic rings. The fraction of sp³-hybridized carbons (Fsp3) is 0.267. The van der Waals surface area contributed by atoms with Crippen LogP contribution >= 0.6 is 0 Å². The molecule has 0 unspecified atom stereocenters. The molecule has 3 N–H and O–H groups in total. The molecule has 0 saturated heterocycles. The number of hydrogen-bond donors (Lipinski definition) is 3. The predicted molar refractivity (Wildman–Crippen MR) is 81.4 cm³/mol. The monoisotopic (exact) mass is 286 g/mol. The van der Waals surface area contributed by atoms with Crippen molar-refractivity contribution in [2.24, 2.45) is 0 Å². The zero-order chi connectivity index (χ0) is 15.1. The maximum atomic E-state index is 12.1. The van der Waals surface area contributed by atoms with Gasteiger partial charge in [-0.1, -0.05) is 12.1 Å². The predicted octanol–water partition coefficient (Wildman–Crippen LogP) is 1.70. The summed E-state index contributed by atoms with van der Waals surface area (Å²) in [6.45, 7) is 0.157. The number of aliphatic hydroxyl groups is 1.